The zero-order valence-corrected chi connectivity index (χ0v) is 18.5. The maximum absolute atomic E-state index is 12.4. The molecule has 0 bridgehead atoms. The van der Waals surface area contributed by atoms with Gasteiger partial charge in [-0.3, -0.25) is 25.8 Å². The predicted octanol–water partition coefficient (Wildman–Crippen LogP) is 4.37. The number of esters is 1. The number of hydrazine groups is 1. The maximum atomic E-state index is 12.4. The minimum atomic E-state index is -0.721. The van der Waals surface area contributed by atoms with Gasteiger partial charge in [0.2, 0.25) is 11.6 Å². The highest BCUT2D eigenvalue weighted by atomic mass is 35.5. The van der Waals surface area contributed by atoms with E-state index in [2.05, 4.69) is 26.1 Å². The molecule has 3 rings (SSSR count). The summed E-state index contributed by atoms with van der Waals surface area (Å²) in [5.74, 6) is -1.65. The number of hydrogen-bond acceptors (Lipinski definition) is 9. The van der Waals surface area contributed by atoms with Crippen molar-refractivity contribution < 1.29 is 19.2 Å². The summed E-state index contributed by atoms with van der Waals surface area (Å²) >= 11 is 11.8. The van der Waals surface area contributed by atoms with Crippen LogP contribution in [-0.2, 0) is 4.74 Å². The molecule has 1 amide bonds. The molecule has 0 spiro atoms. The summed E-state index contributed by atoms with van der Waals surface area (Å²) in [5, 5.41) is 14.9. The molecule has 0 aliphatic heterocycles. The number of aromatic nitrogens is 2. The van der Waals surface area contributed by atoms with Gasteiger partial charge in [0.1, 0.15) is 6.33 Å². The first kappa shape index (κ1) is 23.7. The number of carbonyl (C=O) groups excluding carboxylic acids is 2. The van der Waals surface area contributed by atoms with Crippen LogP contribution in [-0.4, -0.2) is 33.4 Å². The van der Waals surface area contributed by atoms with Crippen molar-refractivity contribution in [3.63, 3.8) is 0 Å². The van der Waals surface area contributed by atoms with Crippen LogP contribution < -0.4 is 16.2 Å². The summed E-state index contributed by atoms with van der Waals surface area (Å²) in [6.07, 6.45) is 1.06. The predicted molar refractivity (Wildman–Crippen MR) is 122 cm³/mol. The van der Waals surface area contributed by atoms with E-state index in [4.69, 9.17) is 27.9 Å². The van der Waals surface area contributed by atoms with Crippen LogP contribution in [0.3, 0.4) is 0 Å². The fourth-order valence-corrected chi connectivity index (χ4v) is 3.16. The number of nitrogens with zero attached hydrogens (tertiary/aromatic N) is 3. The Morgan fingerprint density at radius 1 is 1.12 bits per heavy atom. The minimum Gasteiger partial charge on any atom is -0.462 e. The number of ether oxygens (including phenoxy) is 1. The van der Waals surface area contributed by atoms with Crippen molar-refractivity contribution >= 4 is 58.1 Å². The van der Waals surface area contributed by atoms with Crippen molar-refractivity contribution in [2.45, 2.75) is 6.92 Å². The summed E-state index contributed by atoms with van der Waals surface area (Å²) in [4.78, 5) is 43.1. The lowest BCUT2D eigenvalue weighted by Crippen LogP contribution is -2.30. The monoisotopic (exact) mass is 490 g/mol. The SMILES string of the molecule is CCOC(=O)c1cccc(Nc2ncnc(NNC(=O)c3ccc(Cl)cc3Cl)c2[N+](=O)[O-])c1. The van der Waals surface area contributed by atoms with Gasteiger partial charge in [0, 0.05) is 10.7 Å². The molecule has 0 radical (unpaired) electrons. The van der Waals surface area contributed by atoms with E-state index in [0.717, 1.165) is 6.33 Å². The van der Waals surface area contributed by atoms with Gasteiger partial charge in [-0.15, -0.1) is 0 Å². The maximum Gasteiger partial charge on any atom is 0.355 e. The first-order valence-corrected chi connectivity index (χ1v) is 10.1. The van der Waals surface area contributed by atoms with Crippen LogP contribution in [0.5, 0.6) is 0 Å². The van der Waals surface area contributed by atoms with Gasteiger partial charge < -0.3 is 10.1 Å². The molecule has 3 N–H and O–H groups in total. The highest BCUT2D eigenvalue weighted by Gasteiger charge is 2.24. The second-order valence-electron chi connectivity index (χ2n) is 6.31. The van der Waals surface area contributed by atoms with Crippen molar-refractivity contribution in [1.29, 1.82) is 0 Å². The van der Waals surface area contributed by atoms with Gasteiger partial charge in [-0.2, -0.15) is 0 Å². The second kappa shape index (κ2) is 10.6. The normalized spacial score (nSPS) is 10.3. The van der Waals surface area contributed by atoms with E-state index in [1.807, 2.05) is 0 Å². The van der Waals surface area contributed by atoms with Crippen LogP contribution in [0.2, 0.25) is 10.0 Å². The van der Waals surface area contributed by atoms with Crippen molar-refractivity contribution in [3.8, 4) is 0 Å². The van der Waals surface area contributed by atoms with Crippen molar-refractivity contribution in [3.05, 3.63) is 80.1 Å². The van der Waals surface area contributed by atoms with E-state index < -0.39 is 22.5 Å². The summed E-state index contributed by atoms with van der Waals surface area (Å²) in [6.45, 7) is 1.88. The third-order valence-corrected chi connectivity index (χ3v) is 4.66. The number of carbonyl (C=O) groups is 2. The lowest BCUT2D eigenvalue weighted by molar-refractivity contribution is -0.383. The molecular weight excluding hydrogens is 475 g/mol. The molecule has 0 saturated heterocycles. The minimum absolute atomic E-state index is 0.0967. The Kier molecular flexibility index (Phi) is 7.59. The van der Waals surface area contributed by atoms with Gasteiger partial charge in [-0.25, -0.2) is 14.8 Å². The molecule has 11 nitrogen and oxygen atoms in total. The highest BCUT2D eigenvalue weighted by Crippen LogP contribution is 2.31. The second-order valence-corrected chi connectivity index (χ2v) is 7.15. The van der Waals surface area contributed by atoms with Gasteiger partial charge in [0.25, 0.3) is 5.91 Å². The zero-order valence-electron chi connectivity index (χ0n) is 17.0. The fourth-order valence-electron chi connectivity index (χ4n) is 2.67. The Bertz CT molecular complexity index is 1220. The first-order chi connectivity index (χ1) is 15.8. The largest absolute Gasteiger partial charge is 0.462 e. The molecular formula is C20H16Cl2N6O5. The molecule has 13 heteroatoms. The van der Waals surface area contributed by atoms with Gasteiger partial charge in [0.05, 0.1) is 27.7 Å². The van der Waals surface area contributed by atoms with Gasteiger partial charge in [-0.05, 0) is 43.3 Å². The van der Waals surface area contributed by atoms with E-state index in [-0.39, 0.29) is 34.4 Å². The lowest BCUT2D eigenvalue weighted by Gasteiger charge is -2.12. The summed E-state index contributed by atoms with van der Waals surface area (Å²) < 4.78 is 4.95. The number of anilines is 3. The number of amides is 1. The number of hydrogen-bond donors (Lipinski definition) is 3. The molecule has 170 valence electrons. The Labute approximate surface area is 197 Å². The van der Waals surface area contributed by atoms with E-state index in [9.17, 15) is 19.7 Å². The standard InChI is InChI=1S/C20H16Cl2N6O5/c1-2-33-20(30)11-4-3-5-13(8-11)25-17-16(28(31)32)18(24-10-23-17)26-27-19(29)14-7-6-12(21)9-15(14)22/h3-10H,2H2,1H3,(H,27,29)(H2,23,24,25,26). The fraction of sp³-hybridized carbons (Fsp3) is 0.100. The van der Waals surface area contributed by atoms with Gasteiger partial charge >= 0.3 is 11.7 Å². The molecule has 3 aromatic rings. The molecule has 33 heavy (non-hydrogen) atoms. The van der Waals surface area contributed by atoms with Crippen LogP contribution in [0.4, 0.5) is 23.0 Å². The highest BCUT2D eigenvalue weighted by molar-refractivity contribution is 6.36. The zero-order chi connectivity index (χ0) is 24.0. The third-order valence-electron chi connectivity index (χ3n) is 4.11. The summed E-state index contributed by atoms with van der Waals surface area (Å²) in [7, 11) is 0. The van der Waals surface area contributed by atoms with Crippen molar-refractivity contribution in [1.82, 2.24) is 15.4 Å². The molecule has 0 unspecified atom stereocenters. The van der Waals surface area contributed by atoms with Crippen LogP contribution in [0.25, 0.3) is 0 Å². The van der Waals surface area contributed by atoms with Crippen LogP contribution >= 0.6 is 23.2 Å². The van der Waals surface area contributed by atoms with Gasteiger partial charge in [-0.1, -0.05) is 29.3 Å². The molecule has 2 aromatic carbocycles. The molecule has 0 aliphatic rings. The van der Waals surface area contributed by atoms with Crippen molar-refractivity contribution in [2.24, 2.45) is 0 Å². The van der Waals surface area contributed by atoms with Gasteiger partial charge in [0.15, 0.2) is 0 Å². The Morgan fingerprint density at radius 2 is 1.88 bits per heavy atom. The quantitative estimate of drug-likeness (QED) is 0.237. The number of nitro groups is 1. The Morgan fingerprint density at radius 3 is 2.58 bits per heavy atom. The molecule has 1 aromatic heterocycles. The first-order valence-electron chi connectivity index (χ1n) is 9.35. The summed E-state index contributed by atoms with van der Waals surface area (Å²) in [5.41, 5.74) is 4.87. The number of rotatable bonds is 8. The third kappa shape index (κ3) is 5.84. The van der Waals surface area contributed by atoms with E-state index >= 15 is 0 Å². The summed E-state index contributed by atoms with van der Waals surface area (Å²) in [6, 6.07) is 10.4. The topological polar surface area (TPSA) is 148 Å². The molecule has 0 atom stereocenters. The van der Waals surface area contributed by atoms with E-state index in [1.54, 1.807) is 25.1 Å². The number of nitrogens with one attached hydrogen (secondary N) is 3. The molecule has 0 fully saturated rings. The Hall–Kier alpha value is -3.96. The van der Waals surface area contributed by atoms with Crippen LogP contribution in [0, 0.1) is 10.1 Å². The lowest BCUT2D eigenvalue weighted by atomic mass is 10.2. The van der Waals surface area contributed by atoms with Crippen molar-refractivity contribution in [2.75, 3.05) is 17.3 Å². The number of benzene rings is 2. The van der Waals surface area contributed by atoms with Crippen LogP contribution in [0.15, 0.2) is 48.8 Å². The van der Waals surface area contributed by atoms with E-state index in [0.29, 0.717) is 10.7 Å². The average Bonchev–Trinajstić information content (AvgIpc) is 2.77. The molecule has 1 heterocycles. The molecule has 0 aliphatic carbocycles. The molecule has 0 saturated carbocycles. The van der Waals surface area contributed by atoms with E-state index in [1.165, 1.54) is 24.3 Å². The Balaban J connectivity index is 1.83. The smallest absolute Gasteiger partial charge is 0.355 e. The number of halogens is 2. The van der Waals surface area contributed by atoms with Crippen LogP contribution in [0.1, 0.15) is 27.6 Å². The average molecular weight is 491 g/mol.